The van der Waals surface area contributed by atoms with Gasteiger partial charge in [-0.2, -0.15) is 13.2 Å². The number of aliphatic hydroxyl groups is 1. The van der Waals surface area contributed by atoms with E-state index >= 15 is 0 Å². The van der Waals surface area contributed by atoms with Crippen molar-refractivity contribution < 1.29 is 78.9 Å². The van der Waals surface area contributed by atoms with Crippen LogP contribution in [0.2, 0.25) is 0 Å². The van der Waals surface area contributed by atoms with Gasteiger partial charge in [0.05, 0.1) is 6.54 Å². The molecule has 3 N–H and O–H groups in total. The van der Waals surface area contributed by atoms with Gasteiger partial charge in [0.25, 0.3) is 5.91 Å². The molecule has 0 bridgehead atoms. The zero-order valence-electron chi connectivity index (χ0n) is 21.7. The smallest absolute Gasteiger partial charge is 0.379 e. The molecular formula is C22H36F5N4O5Y-. The monoisotopic (exact) mass is 620 g/mol. The zero-order valence-corrected chi connectivity index (χ0v) is 24.5. The maximum absolute atomic E-state index is 12.4. The topological polar surface area (TPSA) is 130 Å². The van der Waals surface area contributed by atoms with Gasteiger partial charge in [-0.1, -0.05) is 26.8 Å². The largest absolute Gasteiger partial charge is 0.648 e. The van der Waals surface area contributed by atoms with Crippen LogP contribution in [0.3, 0.4) is 0 Å². The molecule has 3 amide bonds. The fourth-order valence-electron chi connectivity index (χ4n) is 2.97. The van der Waals surface area contributed by atoms with Crippen LogP contribution in [0.5, 0.6) is 0 Å². The first kappa shape index (κ1) is 37.9. The molecule has 3 aliphatic rings. The molecule has 3 fully saturated rings. The fraction of sp³-hybridized carbons (Fsp3) is 0.818. The summed E-state index contributed by atoms with van der Waals surface area (Å²) in [5.74, 6) is -4.29. The molecule has 213 valence electrons. The fourth-order valence-corrected chi connectivity index (χ4v) is 2.97. The predicted molar refractivity (Wildman–Crippen MR) is 121 cm³/mol. The number of nitrogens with zero attached hydrogens (tertiary/aromatic N) is 2. The second kappa shape index (κ2) is 17.4. The first-order chi connectivity index (χ1) is 16.6. The van der Waals surface area contributed by atoms with Crippen molar-refractivity contribution in [3.63, 3.8) is 0 Å². The Balaban J connectivity index is 0. The van der Waals surface area contributed by atoms with Crippen LogP contribution in [0.1, 0.15) is 59.8 Å². The van der Waals surface area contributed by atoms with E-state index in [1.54, 1.807) is 4.90 Å². The number of nitrogens with one attached hydrogen (secondary N) is 2. The molecule has 1 radical (unpaired) electrons. The molecule has 0 aromatic heterocycles. The van der Waals surface area contributed by atoms with Gasteiger partial charge in [-0.25, -0.2) is 8.78 Å². The normalized spacial score (nSPS) is 20.9. The van der Waals surface area contributed by atoms with Crippen LogP contribution in [0.15, 0.2) is 0 Å². The molecule has 0 aromatic rings. The summed E-state index contributed by atoms with van der Waals surface area (Å²) >= 11 is 0. The third kappa shape index (κ3) is 15.7. The van der Waals surface area contributed by atoms with E-state index < -0.39 is 30.3 Å². The van der Waals surface area contributed by atoms with E-state index in [-0.39, 0.29) is 75.1 Å². The van der Waals surface area contributed by atoms with Gasteiger partial charge in [-0.15, -0.1) is 5.54 Å². The minimum Gasteiger partial charge on any atom is -0.648 e. The minimum absolute atomic E-state index is 0. The molecule has 0 aromatic carbocycles. The average Bonchev–Trinajstić information content (AvgIpc) is 3.66. The number of Topliss-reactive ketones (excluding diaryl/α,β-unsaturated/α-hetero) is 1. The number of likely N-dealkylation sites (tertiary alicyclic amines) is 1. The second-order valence-corrected chi connectivity index (χ2v) is 8.93. The van der Waals surface area contributed by atoms with Gasteiger partial charge in [0.2, 0.25) is 23.5 Å². The first-order valence-electron chi connectivity index (χ1n) is 11.5. The number of amides is 3. The molecule has 1 saturated carbocycles. The van der Waals surface area contributed by atoms with E-state index in [0.717, 1.165) is 33.3 Å². The van der Waals surface area contributed by atoms with Crippen molar-refractivity contribution in [1.82, 2.24) is 15.5 Å². The third-order valence-electron chi connectivity index (χ3n) is 5.35. The molecule has 9 nitrogen and oxygen atoms in total. The van der Waals surface area contributed by atoms with Crippen LogP contribution >= 0.6 is 0 Å². The van der Waals surface area contributed by atoms with Crippen LogP contribution in [-0.4, -0.2) is 90.0 Å². The number of rotatable bonds is 7. The second-order valence-electron chi connectivity index (χ2n) is 8.93. The summed E-state index contributed by atoms with van der Waals surface area (Å²) in [6, 6.07) is -0.856. The number of ketones is 1. The van der Waals surface area contributed by atoms with Gasteiger partial charge in [0.1, 0.15) is 6.04 Å². The molecule has 15 heteroatoms. The number of aliphatic hydroxyl groups excluding tert-OH is 1. The molecule has 2 heterocycles. The van der Waals surface area contributed by atoms with Crippen LogP contribution in [-0.2, 0) is 51.9 Å². The zero-order chi connectivity index (χ0) is 28.3. The standard InChI is InChI=1S/C16H23N4O4.C4H8F2.CHF3.CH4O.Y/c1-16(2)12(19-16)15(24)20-7-3-4-10(20)13(22)17-8-11(21)14(23)18-9-5-6-9;1-3-4(2,5)6;2-1(3)4;1-2;/h9-10,12H,3-8H2,1-2H3,(H,17,22)(H,18,23);3H2,1-2H3;1H;2H,1H3;/q-1;;;;/t10?,12-;;;;/m1..../s1. The Kier molecular flexibility index (Phi) is 17.8. The Labute approximate surface area is 238 Å². The predicted octanol–water partition coefficient (Wildman–Crippen LogP) is 2.31. The summed E-state index contributed by atoms with van der Waals surface area (Å²) in [5.41, 5.74) is -0.350. The molecule has 37 heavy (non-hydrogen) atoms. The SMILES string of the molecule is CC1(C)[N-][C@@H]1C(=O)N1CCCC1C(=O)NCC(=O)C(=O)NC1CC1.CCC(C)(F)F.CO.FC(F)F.[Y]. The summed E-state index contributed by atoms with van der Waals surface area (Å²) < 4.78 is 51.9. The molecule has 2 atom stereocenters. The molecular weight excluding hydrogens is 584 g/mol. The van der Waals surface area contributed by atoms with Gasteiger partial charge < -0.3 is 26.0 Å². The van der Waals surface area contributed by atoms with Gasteiger partial charge in [-0.05, 0) is 32.6 Å². The Morgan fingerprint density at radius 3 is 1.95 bits per heavy atom. The van der Waals surface area contributed by atoms with Gasteiger partial charge in [0, 0.05) is 58.8 Å². The Bertz CT molecular complexity index is 749. The first-order valence-corrected chi connectivity index (χ1v) is 11.5. The van der Waals surface area contributed by atoms with Gasteiger partial charge in [-0.3, -0.25) is 19.2 Å². The Morgan fingerprint density at radius 1 is 1.11 bits per heavy atom. The minimum atomic E-state index is -3.67. The summed E-state index contributed by atoms with van der Waals surface area (Å²) in [7, 11) is 1.00. The summed E-state index contributed by atoms with van der Waals surface area (Å²) in [6.45, 7) is 2.66. The van der Waals surface area contributed by atoms with Gasteiger partial charge >= 0.3 is 6.68 Å². The maximum atomic E-state index is 12.4. The maximum Gasteiger partial charge on any atom is 0.379 e. The number of hydrogen-bond acceptors (Lipinski definition) is 5. The van der Waals surface area contributed by atoms with Crippen LogP contribution in [0.4, 0.5) is 22.0 Å². The van der Waals surface area contributed by atoms with Crippen molar-refractivity contribution in [3.05, 3.63) is 5.32 Å². The van der Waals surface area contributed by atoms with Crippen molar-refractivity contribution >= 4 is 23.5 Å². The van der Waals surface area contributed by atoms with E-state index in [1.807, 2.05) is 13.8 Å². The average molecular weight is 620 g/mol. The Morgan fingerprint density at radius 2 is 1.57 bits per heavy atom. The summed E-state index contributed by atoms with van der Waals surface area (Å²) in [5, 5.41) is 16.3. The Hall–Kier alpha value is -1.25. The molecule has 2 aliphatic heterocycles. The molecule has 0 spiro atoms. The number of carbonyl (C=O) groups is 4. The van der Waals surface area contributed by atoms with E-state index in [9.17, 15) is 41.1 Å². The van der Waals surface area contributed by atoms with E-state index in [2.05, 4.69) is 16.0 Å². The van der Waals surface area contributed by atoms with E-state index in [0.29, 0.717) is 13.0 Å². The van der Waals surface area contributed by atoms with Crippen molar-refractivity contribution in [1.29, 1.82) is 0 Å². The quantitative estimate of drug-likeness (QED) is 0.229. The van der Waals surface area contributed by atoms with Gasteiger partial charge in [0.15, 0.2) is 0 Å². The van der Waals surface area contributed by atoms with Crippen molar-refractivity contribution in [3.8, 4) is 0 Å². The van der Waals surface area contributed by atoms with Crippen LogP contribution in [0.25, 0.3) is 5.32 Å². The number of carbonyl (C=O) groups excluding carboxylic acids is 4. The van der Waals surface area contributed by atoms with Crippen molar-refractivity contribution in [2.45, 2.75) is 96.1 Å². The molecule has 2 saturated heterocycles. The summed E-state index contributed by atoms with van der Waals surface area (Å²) in [6.07, 6.45) is 3.04. The van der Waals surface area contributed by atoms with Crippen molar-refractivity contribution in [2.24, 2.45) is 0 Å². The number of halogens is 5. The summed E-state index contributed by atoms with van der Waals surface area (Å²) in [4.78, 5) is 49.6. The molecule has 3 rings (SSSR count). The van der Waals surface area contributed by atoms with Crippen LogP contribution in [0, 0.1) is 0 Å². The third-order valence-corrected chi connectivity index (χ3v) is 5.35. The van der Waals surface area contributed by atoms with E-state index in [4.69, 9.17) is 5.11 Å². The molecule has 1 unspecified atom stereocenters. The van der Waals surface area contributed by atoms with Crippen LogP contribution < -0.4 is 10.6 Å². The van der Waals surface area contributed by atoms with Crippen molar-refractivity contribution in [2.75, 3.05) is 20.2 Å². The van der Waals surface area contributed by atoms with E-state index in [1.165, 1.54) is 6.92 Å². The number of alkyl halides is 5. The molecule has 1 aliphatic carbocycles. The number of hydrogen-bond donors (Lipinski definition) is 3.